The van der Waals surface area contributed by atoms with Crippen LogP contribution in [0.1, 0.15) is 44.1 Å². The Labute approximate surface area is 180 Å². The fourth-order valence-electron chi connectivity index (χ4n) is 3.88. The second-order valence-corrected chi connectivity index (χ2v) is 8.49. The van der Waals surface area contributed by atoms with Crippen LogP contribution in [0.4, 0.5) is 5.69 Å². The van der Waals surface area contributed by atoms with Gasteiger partial charge in [0.2, 0.25) is 5.91 Å². The average molecular weight is 434 g/mol. The van der Waals surface area contributed by atoms with Crippen molar-refractivity contribution in [2.75, 3.05) is 30.4 Å². The highest BCUT2D eigenvalue weighted by Gasteiger charge is 2.20. The number of para-hydroxylation sites is 1. The lowest BCUT2D eigenvalue weighted by Crippen LogP contribution is -2.40. The molecule has 7 heteroatoms. The largest absolute Gasteiger partial charge is 0.326 e. The molecule has 2 fully saturated rings. The molecule has 1 aromatic carbocycles. The predicted molar refractivity (Wildman–Crippen MR) is 122 cm³/mol. The number of nitrogens with zero attached hydrogens (tertiary/aromatic N) is 1. The molecule has 1 aliphatic heterocycles. The summed E-state index contributed by atoms with van der Waals surface area (Å²) in [6.07, 6.45) is 7.23. The molecular weight excluding hydrogens is 401 g/mol. The Morgan fingerprint density at radius 2 is 1.96 bits per heavy atom. The van der Waals surface area contributed by atoms with Gasteiger partial charge in [-0.05, 0) is 31.5 Å². The van der Waals surface area contributed by atoms with Gasteiger partial charge in [-0.25, -0.2) is 0 Å². The first kappa shape index (κ1) is 24.6. The summed E-state index contributed by atoms with van der Waals surface area (Å²) >= 11 is 1.93. The molecule has 1 amide bonds. The standard InChI is InChI=1S/C20H31N3OS.2ClH/c1-23(18-8-3-2-4-9-18)14-16-7-5-6-10-19(16)22-20(24)13-17-15-25-12-11-21-17;;/h5-7,10,17-18,21H,2-4,8-9,11-15H2,1H3,(H,22,24);2*1H. The first-order chi connectivity index (χ1) is 12.2. The van der Waals surface area contributed by atoms with E-state index in [1.165, 1.54) is 37.7 Å². The Morgan fingerprint density at radius 3 is 2.67 bits per heavy atom. The molecule has 2 aliphatic rings. The monoisotopic (exact) mass is 433 g/mol. The minimum atomic E-state index is 0. The van der Waals surface area contributed by atoms with Crippen molar-refractivity contribution in [3.63, 3.8) is 0 Å². The third kappa shape index (κ3) is 7.82. The van der Waals surface area contributed by atoms with Gasteiger partial charge in [0.15, 0.2) is 0 Å². The summed E-state index contributed by atoms with van der Waals surface area (Å²) in [5, 5.41) is 6.59. The van der Waals surface area contributed by atoms with Crippen molar-refractivity contribution in [2.45, 2.75) is 57.2 Å². The molecule has 3 rings (SSSR count). The smallest absolute Gasteiger partial charge is 0.225 e. The molecule has 0 bridgehead atoms. The summed E-state index contributed by atoms with van der Waals surface area (Å²) in [6.45, 7) is 1.91. The first-order valence-electron chi connectivity index (χ1n) is 9.61. The van der Waals surface area contributed by atoms with Crippen LogP contribution in [0.3, 0.4) is 0 Å². The highest BCUT2D eigenvalue weighted by Crippen LogP contribution is 2.25. The van der Waals surface area contributed by atoms with Gasteiger partial charge in [-0.15, -0.1) is 24.8 Å². The van der Waals surface area contributed by atoms with Gasteiger partial charge in [-0.1, -0.05) is 37.5 Å². The average Bonchev–Trinajstić information content (AvgIpc) is 2.65. The molecule has 0 aromatic heterocycles. The summed E-state index contributed by atoms with van der Waals surface area (Å²) in [5.74, 6) is 2.29. The highest BCUT2D eigenvalue weighted by molar-refractivity contribution is 7.99. The second kappa shape index (κ2) is 12.9. The molecule has 1 aliphatic carbocycles. The third-order valence-corrected chi connectivity index (χ3v) is 6.47. The van der Waals surface area contributed by atoms with Crippen LogP contribution in [0.15, 0.2) is 24.3 Å². The van der Waals surface area contributed by atoms with Crippen molar-refractivity contribution in [3.05, 3.63) is 29.8 Å². The maximum atomic E-state index is 12.4. The van der Waals surface area contributed by atoms with Crippen LogP contribution in [0.2, 0.25) is 0 Å². The third-order valence-electron chi connectivity index (χ3n) is 5.34. The Kier molecular flexibility index (Phi) is 11.7. The number of hydrogen-bond acceptors (Lipinski definition) is 4. The lowest BCUT2D eigenvalue weighted by Gasteiger charge is -2.31. The number of benzene rings is 1. The Balaban J connectivity index is 0.00000182. The van der Waals surface area contributed by atoms with Crippen molar-refractivity contribution in [3.8, 4) is 0 Å². The number of nitrogens with one attached hydrogen (secondary N) is 2. The van der Waals surface area contributed by atoms with Gasteiger partial charge in [-0.2, -0.15) is 11.8 Å². The molecule has 154 valence electrons. The predicted octanol–water partition coefficient (Wildman–Crippen LogP) is 4.33. The lowest BCUT2D eigenvalue weighted by atomic mass is 9.94. The van der Waals surface area contributed by atoms with E-state index in [0.717, 1.165) is 30.3 Å². The number of carbonyl (C=O) groups is 1. The molecule has 1 unspecified atom stereocenters. The van der Waals surface area contributed by atoms with Crippen LogP contribution >= 0.6 is 36.6 Å². The molecule has 1 atom stereocenters. The maximum absolute atomic E-state index is 12.4. The zero-order chi connectivity index (χ0) is 17.5. The van der Waals surface area contributed by atoms with Crippen molar-refractivity contribution in [2.24, 2.45) is 0 Å². The Morgan fingerprint density at radius 1 is 1.22 bits per heavy atom. The van der Waals surface area contributed by atoms with E-state index in [0.29, 0.717) is 18.5 Å². The van der Waals surface area contributed by atoms with E-state index in [4.69, 9.17) is 0 Å². The highest BCUT2D eigenvalue weighted by atomic mass is 35.5. The van der Waals surface area contributed by atoms with Gasteiger partial charge in [0, 0.05) is 48.8 Å². The van der Waals surface area contributed by atoms with Crippen LogP contribution in [0.25, 0.3) is 0 Å². The summed E-state index contributed by atoms with van der Waals surface area (Å²) < 4.78 is 0. The number of hydrogen-bond donors (Lipinski definition) is 2. The normalized spacial score (nSPS) is 20.4. The zero-order valence-electron chi connectivity index (χ0n) is 16.1. The van der Waals surface area contributed by atoms with Gasteiger partial charge >= 0.3 is 0 Å². The van der Waals surface area contributed by atoms with E-state index in [2.05, 4.69) is 34.7 Å². The van der Waals surface area contributed by atoms with Gasteiger partial charge in [-0.3, -0.25) is 9.69 Å². The van der Waals surface area contributed by atoms with E-state index in [9.17, 15) is 4.79 Å². The second-order valence-electron chi connectivity index (χ2n) is 7.34. The van der Waals surface area contributed by atoms with Gasteiger partial charge in [0.05, 0.1) is 0 Å². The van der Waals surface area contributed by atoms with Crippen LogP contribution in [0.5, 0.6) is 0 Å². The number of anilines is 1. The summed E-state index contributed by atoms with van der Waals surface area (Å²) in [7, 11) is 2.22. The van der Waals surface area contributed by atoms with E-state index in [1.807, 2.05) is 23.9 Å². The number of thioether (sulfide) groups is 1. The zero-order valence-corrected chi connectivity index (χ0v) is 18.6. The molecule has 0 spiro atoms. The fraction of sp³-hybridized carbons (Fsp3) is 0.650. The molecular formula is C20H33Cl2N3OS. The number of amides is 1. The molecule has 1 saturated carbocycles. The molecule has 1 aromatic rings. The van der Waals surface area contributed by atoms with Crippen molar-refractivity contribution < 1.29 is 4.79 Å². The molecule has 27 heavy (non-hydrogen) atoms. The van der Waals surface area contributed by atoms with E-state index in [1.54, 1.807) is 0 Å². The van der Waals surface area contributed by atoms with Crippen LogP contribution in [-0.2, 0) is 11.3 Å². The molecule has 1 saturated heterocycles. The van der Waals surface area contributed by atoms with Gasteiger partial charge in [0.1, 0.15) is 0 Å². The van der Waals surface area contributed by atoms with Crippen molar-refractivity contribution in [1.82, 2.24) is 10.2 Å². The number of carbonyl (C=O) groups excluding carboxylic acids is 1. The molecule has 2 N–H and O–H groups in total. The van der Waals surface area contributed by atoms with Gasteiger partial charge in [0.25, 0.3) is 0 Å². The lowest BCUT2D eigenvalue weighted by molar-refractivity contribution is -0.116. The van der Waals surface area contributed by atoms with Gasteiger partial charge < -0.3 is 10.6 Å². The fourth-order valence-corrected chi connectivity index (χ4v) is 4.82. The van der Waals surface area contributed by atoms with Crippen LogP contribution in [-0.4, -0.2) is 48.0 Å². The maximum Gasteiger partial charge on any atom is 0.225 e. The molecule has 1 heterocycles. The van der Waals surface area contributed by atoms with Crippen molar-refractivity contribution in [1.29, 1.82) is 0 Å². The number of rotatable bonds is 6. The minimum absolute atomic E-state index is 0. The SMILES string of the molecule is CN(Cc1ccccc1NC(=O)CC1CSCCN1)C1CCCCC1.Cl.Cl. The van der Waals surface area contributed by atoms with Crippen LogP contribution in [0, 0.1) is 0 Å². The summed E-state index contributed by atoms with van der Waals surface area (Å²) in [4.78, 5) is 14.9. The summed E-state index contributed by atoms with van der Waals surface area (Å²) in [5.41, 5.74) is 2.19. The minimum Gasteiger partial charge on any atom is -0.326 e. The number of halogens is 2. The van der Waals surface area contributed by atoms with E-state index >= 15 is 0 Å². The quantitative estimate of drug-likeness (QED) is 0.700. The van der Waals surface area contributed by atoms with E-state index in [-0.39, 0.29) is 30.7 Å². The Hall–Kier alpha value is -0.460. The topological polar surface area (TPSA) is 44.4 Å². The summed E-state index contributed by atoms with van der Waals surface area (Å²) in [6, 6.07) is 9.24. The van der Waals surface area contributed by atoms with Crippen LogP contribution < -0.4 is 10.6 Å². The molecule has 0 radical (unpaired) electrons. The van der Waals surface area contributed by atoms with Crippen molar-refractivity contribution >= 4 is 48.2 Å². The first-order valence-corrected chi connectivity index (χ1v) is 10.8. The Bertz CT molecular complexity index is 564. The van der Waals surface area contributed by atoms with E-state index < -0.39 is 0 Å². The molecule has 4 nitrogen and oxygen atoms in total.